The molecule has 0 heterocycles. The summed E-state index contributed by atoms with van der Waals surface area (Å²) in [5.74, 6) is 0.526. The van der Waals surface area contributed by atoms with Crippen molar-refractivity contribution >= 4 is 10.0 Å². The molecule has 2 unspecified atom stereocenters. The van der Waals surface area contributed by atoms with Crippen LogP contribution in [0.15, 0.2) is 0 Å². The van der Waals surface area contributed by atoms with Crippen LogP contribution in [0.3, 0.4) is 0 Å². The third-order valence-corrected chi connectivity index (χ3v) is 6.14. The molecular formula is C13H28N2O3S. The van der Waals surface area contributed by atoms with Gasteiger partial charge in [-0.1, -0.05) is 6.92 Å². The van der Waals surface area contributed by atoms with Gasteiger partial charge in [0.2, 0.25) is 10.0 Å². The molecule has 0 aromatic carbocycles. The molecule has 0 saturated heterocycles. The van der Waals surface area contributed by atoms with E-state index in [0.29, 0.717) is 25.6 Å². The first-order valence-corrected chi connectivity index (χ1v) is 8.65. The van der Waals surface area contributed by atoms with Crippen LogP contribution in [-0.2, 0) is 14.8 Å². The Morgan fingerprint density at radius 2 is 2.00 bits per heavy atom. The highest BCUT2D eigenvalue weighted by Crippen LogP contribution is 2.36. The number of nitrogens with zero attached hydrogens (tertiary/aromatic N) is 1. The van der Waals surface area contributed by atoms with E-state index in [4.69, 9.17) is 4.74 Å². The van der Waals surface area contributed by atoms with Gasteiger partial charge in [-0.25, -0.2) is 8.42 Å². The van der Waals surface area contributed by atoms with Crippen molar-refractivity contribution in [3.63, 3.8) is 0 Å². The fourth-order valence-corrected chi connectivity index (χ4v) is 4.00. The average Bonchev–Trinajstić information content (AvgIpc) is 3.19. The standard InChI is InChI=1S/C13H28N2O3S/c1-5-14-10-11(2)19(16,17)15(8-9-18-4)12(3)13-6-7-13/h11-14H,5-10H2,1-4H3. The lowest BCUT2D eigenvalue weighted by Crippen LogP contribution is -2.48. The Kier molecular flexibility index (Phi) is 6.73. The van der Waals surface area contributed by atoms with E-state index in [0.717, 1.165) is 19.4 Å². The van der Waals surface area contributed by atoms with E-state index >= 15 is 0 Å². The quantitative estimate of drug-likeness (QED) is 0.654. The second-order valence-electron chi connectivity index (χ2n) is 5.34. The van der Waals surface area contributed by atoms with Crippen LogP contribution in [-0.4, -0.2) is 57.4 Å². The van der Waals surface area contributed by atoms with E-state index in [1.165, 1.54) is 0 Å². The zero-order valence-corrected chi connectivity index (χ0v) is 13.4. The van der Waals surface area contributed by atoms with Crippen LogP contribution in [0.1, 0.15) is 33.6 Å². The van der Waals surface area contributed by atoms with E-state index < -0.39 is 15.3 Å². The third kappa shape index (κ3) is 4.70. The monoisotopic (exact) mass is 292 g/mol. The molecule has 1 fully saturated rings. The van der Waals surface area contributed by atoms with Crippen LogP contribution in [0.5, 0.6) is 0 Å². The van der Waals surface area contributed by atoms with Crippen molar-refractivity contribution in [2.75, 3.05) is 33.4 Å². The zero-order valence-electron chi connectivity index (χ0n) is 12.6. The summed E-state index contributed by atoms with van der Waals surface area (Å²) in [4.78, 5) is 0. The SMILES string of the molecule is CCNCC(C)S(=O)(=O)N(CCOC)C(C)C1CC1. The minimum Gasteiger partial charge on any atom is -0.383 e. The van der Waals surface area contributed by atoms with Crippen LogP contribution >= 0.6 is 0 Å². The molecule has 0 radical (unpaired) electrons. The summed E-state index contributed by atoms with van der Waals surface area (Å²) < 4.78 is 32.0. The van der Waals surface area contributed by atoms with Gasteiger partial charge in [0.1, 0.15) is 0 Å². The molecule has 0 bridgehead atoms. The maximum absolute atomic E-state index is 12.6. The number of methoxy groups -OCH3 is 1. The van der Waals surface area contributed by atoms with Gasteiger partial charge in [-0.3, -0.25) is 0 Å². The van der Waals surface area contributed by atoms with Gasteiger partial charge >= 0.3 is 0 Å². The molecule has 6 heteroatoms. The van der Waals surface area contributed by atoms with Crippen molar-refractivity contribution in [2.24, 2.45) is 5.92 Å². The lowest BCUT2D eigenvalue weighted by atomic mass is 10.2. The van der Waals surface area contributed by atoms with E-state index in [9.17, 15) is 8.42 Å². The first-order valence-electron chi connectivity index (χ1n) is 7.15. The lowest BCUT2D eigenvalue weighted by Gasteiger charge is -2.31. The minimum atomic E-state index is -3.26. The van der Waals surface area contributed by atoms with Crippen molar-refractivity contribution in [3.05, 3.63) is 0 Å². The van der Waals surface area contributed by atoms with Crippen LogP contribution in [0.4, 0.5) is 0 Å². The summed E-state index contributed by atoms with van der Waals surface area (Å²) in [6.45, 7) is 7.96. The van der Waals surface area contributed by atoms with Crippen molar-refractivity contribution < 1.29 is 13.2 Å². The number of hydrogen-bond acceptors (Lipinski definition) is 4. The van der Waals surface area contributed by atoms with Crippen molar-refractivity contribution in [1.82, 2.24) is 9.62 Å². The Balaban J connectivity index is 2.75. The molecule has 5 nitrogen and oxygen atoms in total. The molecule has 0 aromatic heterocycles. The Morgan fingerprint density at radius 3 is 2.47 bits per heavy atom. The molecule has 1 saturated carbocycles. The molecule has 114 valence electrons. The summed E-state index contributed by atoms with van der Waals surface area (Å²) in [5.41, 5.74) is 0. The van der Waals surface area contributed by atoms with Gasteiger partial charge in [0.15, 0.2) is 0 Å². The fourth-order valence-electron chi connectivity index (χ4n) is 2.24. The Morgan fingerprint density at radius 1 is 1.37 bits per heavy atom. The number of sulfonamides is 1. The fraction of sp³-hybridized carbons (Fsp3) is 1.00. The number of rotatable bonds is 10. The third-order valence-electron chi connectivity index (χ3n) is 3.79. The molecule has 1 N–H and O–H groups in total. The van der Waals surface area contributed by atoms with Gasteiger partial charge in [-0.05, 0) is 39.2 Å². The summed E-state index contributed by atoms with van der Waals surface area (Å²) >= 11 is 0. The van der Waals surface area contributed by atoms with Crippen LogP contribution in [0.25, 0.3) is 0 Å². The van der Waals surface area contributed by atoms with Crippen LogP contribution in [0, 0.1) is 5.92 Å². The Hall–Kier alpha value is -0.170. The molecule has 1 aliphatic rings. The topological polar surface area (TPSA) is 58.6 Å². The molecule has 2 atom stereocenters. The highest BCUT2D eigenvalue weighted by Gasteiger charge is 2.39. The highest BCUT2D eigenvalue weighted by atomic mass is 32.2. The Labute approximate surface area is 117 Å². The van der Waals surface area contributed by atoms with E-state index in [1.807, 2.05) is 13.8 Å². The molecule has 0 amide bonds. The molecule has 0 spiro atoms. The summed E-state index contributed by atoms with van der Waals surface area (Å²) in [5, 5.41) is 2.71. The lowest BCUT2D eigenvalue weighted by molar-refractivity contribution is 0.163. The molecule has 0 aliphatic heterocycles. The molecule has 1 aliphatic carbocycles. The first kappa shape index (κ1) is 16.9. The normalized spacial score (nSPS) is 19.6. The van der Waals surface area contributed by atoms with Crippen molar-refractivity contribution in [3.8, 4) is 0 Å². The maximum atomic E-state index is 12.6. The second kappa shape index (κ2) is 7.57. The Bertz CT molecular complexity index is 355. The number of ether oxygens (including phenoxy) is 1. The predicted octanol–water partition coefficient (Wildman–Crippen LogP) is 1.06. The van der Waals surface area contributed by atoms with E-state index in [-0.39, 0.29) is 6.04 Å². The van der Waals surface area contributed by atoms with E-state index in [1.54, 1.807) is 18.3 Å². The molecular weight excluding hydrogens is 264 g/mol. The maximum Gasteiger partial charge on any atom is 0.218 e. The molecule has 19 heavy (non-hydrogen) atoms. The summed E-state index contributed by atoms with van der Waals surface area (Å²) in [6, 6.07) is 0.0872. The van der Waals surface area contributed by atoms with Gasteiger partial charge in [-0.2, -0.15) is 4.31 Å². The minimum absolute atomic E-state index is 0.0872. The summed E-state index contributed by atoms with van der Waals surface area (Å²) in [6.07, 6.45) is 2.28. The van der Waals surface area contributed by atoms with Crippen molar-refractivity contribution in [2.45, 2.75) is 44.9 Å². The summed E-state index contributed by atoms with van der Waals surface area (Å²) in [7, 11) is -1.65. The van der Waals surface area contributed by atoms with Gasteiger partial charge < -0.3 is 10.1 Å². The highest BCUT2D eigenvalue weighted by molar-refractivity contribution is 7.89. The van der Waals surface area contributed by atoms with Crippen LogP contribution < -0.4 is 5.32 Å². The van der Waals surface area contributed by atoms with Crippen molar-refractivity contribution in [1.29, 1.82) is 0 Å². The largest absolute Gasteiger partial charge is 0.383 e. The zero-order chi connectivity index (χ0) is 14.5. The van der Waals surface area contributed by atoms with Gasteiger partial charge in [0.05, 0.1) is 11.9 Å². The number of nitrogens with one attached hydrogen (secondary N) is 1. The predicted molar refractivity (Wildman–Crippen MR) is 77.7 cm³/mol. The second-order valence-corrected chi connectivity index (χ2v) is 7.65. The first-order chi connectivity index (χ1) is 8.95. The molecule has 1 rings (SSSR count). The van der Waals surface area contributed by atoms with Gasteiger partial charge in [-0.15, -0.1) is 0 Å². The average molecular weight is 292 g/mol. The van der Waals surface area contributed by atoms with Crippen LogP contribution in [0.2, 0.25) is 0 Å². The van der Waals surface area contributed by atoms with Gasteiger partial charge in [0, 0.05) is 26.2 Å². The molecule has 0 aromatic rings. The van der Waals surface area contributed by atoms with E-state index in [2.05, 4.69) is 5.32 Å². The van der Waals surface area contributed by atoms with Gasteiger partial charge in [0.25, 0.3) is 0 Å². The number of hydrogen-bond donors (Lipinski definition) is 1. The smallest absolute Gasteiger partial charge is 0.218 e.